The van der Waals surface area contributed by atoms with Crippen molar-refractivity contribution >= 4 is 12.6 Å². The Morgan fingerprint density at radius 1 is 1.06 bits per heavy atom. The molecule has 0 bridgehead atoms. The molecule has 1 fully saturated rings. The first-order valence-corrected chi connectivity index (χ1v) is 7.48. The molecule has 96 valence electrons. The molecule has 0 aromatic rings. The molecular weight excluding hydrogens is 216 g/mol. The first kappa shape index (κ1) is 14.3. The molecule has 0 aromatic heterocycles. The van der Waals surface area contributed by atoms with Crippen LogP contribution in [0.15, 0.2) is 0 Å². The molecule has 0 aliphatic carbocycles. The third kappa shape index (κ3) is 5.07. The van der Waals surface area contributed by atoms with E-state index < -0.39 is 0 Å². The summed E-state index contributed by atoms with van der Waals surface area (Å²) in [5.74, 6) is 1.04. The summed E-state index contributed by atoms with van der Waals surface area (Å²) in [5.41, 5.74) is 0. The summed E-state index contributed by atoms with van der Waals surface area (Å²) in [4.78, 5) is 5.25. The van der Waals surface area contributed by atoms with E-state index in [1.807, 2.05) is 0 Å². The molecule has 1 heterocycles. The quantitative estimate of drug-likeness (QED) is 0.543. The zero-order chi connectivity index (χ0) is 11.8. The monoisotopic (exact) mass is 244 g/mol. The zero-order valence-corrected chi connectivity index (χ0v) is 11.9. The summed E-state index contributed by atoms with van der Waals surface area (Å²) < 4.78 is 0. The minimum atomic E-state index is 0.770. The summed E-state index contributed by atoms with van der Waals surface area (Å²) in [5, 5.41) is 0. The lowest BCUT2D eigenvalue weighted by molar-refractivity contribution is 0.0995. The van der Waals surface area contributed by atoms with Crippen molar-refractivity contribution in [3.05, 3.63) is 0 Å². The van der Waals surface area contributed by atoms with Gasteiger partial charge in [0, 0.05) is 32.2 Å². The Morgan fingerprint density at radius 2 is 1.75 bits per heavy atom. The van der Waals surface area contributed by atoms with Crippen molar-refractivity contribution in [3.8, 4) is 0 Å². The largest absolute Gasteiger partial charge is 0.301 e. The van der Waals surface area contributed by atoms with Crippen LogP contribution in [0.1, 0.15) is 39.5 Å². The average Bonchev–Trinajstić information content (AvgIpc) is 2.34. The van der Waals surface area contributed by atoms with Crippen molar-refractivity contribution in [2.75, 3.05) is 38.5 Å². The Bertz CT molecular complexity index is 167. The van der Waals surface area contributed by atoms with Gasteiger partial charge in [-0.15, -0.1) is 0 Å². The molecule has 1 aliphatic heterocycles. The van der Waals surface area contributed by atoms with E-state index in [0.29, 0.717) is 0 Å². The molecule has 0 N–H and O–H groups in total. The van der Waals surface area contributed by atoms with Crippen molar-refractivity contribution < 1.29 is 0 Å². The van der Waals surface area contributed by atoms with Gasteiger partial charge in [-0.05, 0) is 38.5 Å². The lowest BCUT2D eigenvalue weighted by Crippen LogP contribution is -2.49. The molecule has 0 amide bonds. The van der Waals surface area contributed by atoms with E-state index in [1.54, 1.807) is 0 Å². The minimum absolute atomic E-state index is 0.770. The number of hydrogen-bond acceptors (Lipinski definition) is 3. The molecule has 0 saturated carbocycles. The van der Waals surface area contributed by atoms with E-state index >= 15 is 0 Å². The smallest absolute Gasteiger partial charge is 0.0113 e. The van der Waals surface area contributed by atoms with E-state index in [9.17, 15) is 0 Å². The lowest BCUT2D eigenvalue weighted by Gasteiger charge is -2.37. The first-order valence-electron chi connectivity index (χ1n) is 6.85. The number of hydrogen-bond donors (Lipinski definition) is 1. The van der Waals surface area contributed by atoms with E-state index in [1.165, 1.54) is 58.4 Å². The topological polar surface area (TPSA) is 6.48 Å². The Morgan fingerprint density at radius 3 is 2.31 bits per heavy atom. The van der Waals surface area contributed by atoms with Crippen LogP contribution in [0.3, 0.4) is 0 Å². The van der Waals surface area contributed by atoms with Gasteiger partial charge in [0.15, 0.2) is 0 Å². The highest BCUT2D eigenvalue weighted by atomic mass is 32.1. The van der Waals surface area contributed by atoms with Gasteiger partial charge >= 0.3 is 0 Å². The van der Waals surface area contributed by atoms with Crippen molar-refractivity contribution in [2.45, 2.75) is 45.6 Å². The highest BCUT2D eigenvalue weighted by Gasteiger charge is 2.19. The number of thiol groups is 1. The van der Waals surface area contributed by atoms with Crippen LogP contribution in [0.2, 0.25) is 0 Å². The van der Waals surface area contributed by atoms with Gasteiger partial charge in [0.25, 0.3) is 0 Å². The fourth-order valence-corrected chi connectivity index (χ4v) is 2.53. The summed E-state index contributed by atoms with van der Waals surface area (Å²) in [6, 6.07) is 0.770. The van der Waals surface area contributed by atoms with E-state index in [4.69, 9.17) is 0 Å². The standard InChI is InChI=1S/C13H28N2S/c1-3-13(2)15-10-8-14(9-11-15)7-5-4-6-12-16/h13,16H,3-12H2,1-2H3. The average molecular weight is 244 g/mol. The van der Waals surface area contributed by atoms with Gasteiger partial charge in [-0.1, -0.05) is 13.3 Å². The highest BCUT2D eigenvalue weighted by molar-refractivity contribution is 7.80. The van der Waals surface area contributed by atoms with Crippen molar-refractivity contribution in [2.24, 2.45) is 0 Å². The molecule has 3 heteroatoms. The van der Waals surface area contributed by atoms with Gasteiger partial charge in [0.1, 0.15) is 0 Å². The molecule has 1 unspecified atom stereocenters. The van der Waals surface area contributed by atoms with Crippen molar-refractivity contribution in [3.63, 3.8) is 0 Å². The van der Waals surface area contributed by atoms with Crippen LogP contribution >= 0.6 is 12.6 Å². The molecule has 2 nitrogen and oxygen atoms in total. The van der Waals surface area contributed by atoms with Crippen molar-refractivity contribution in [1.29, 1.82) is 0 Å². The molecule has 1 aliphatic rings. The second kappa shape index (κ2) is 8.37. The van der Waals surface area contributed by atoms with Crippen LogP contribution in [0.4, 0.5) is 0 Å². The number of piperazine rings is 1. The number of nitrogens with zero attached hydrogens (tertiary/aromatic N) is 2. The summed E-state index contributed by atoms with van der Waals surface area (Å²) in [7, 11) is 0. The summed E-state index contributed by atoms with van der Waals surface area (Å²) in [6.45, 7) is 11.0. The predicted molar refractivity (Wildman–Crippen MR) is 75.5 cm³/mol. The molecular formula is C13H28N2S. The van der Waals surface area contributed by atoms with Gasteiger partial charge in [-0.3, -0.25) is 4.90 Å². The highest BCUT2D eigenvalue weighted by Crippen LogP contribution is 2.09. The normalized spacial score (nSPS) is 21.2. The van der Waals surface area contributed by atoms with Crippen LogP contribution in [0.5, 0.6) is 0 Å². The van der Waals surface area contributed by atoms with Crippen LogP contribution in [0, 0.1) is 0 Å². The molecule has 1 rings (SSSR count). The minimum Gasteiger partial charge on any atom is -0.301 e. The fraction of sp³-hybridized carbons (Fsp3) is 1.00. The number of rotatable bonds is 7. The number of unbranched alkanes of at least 4 members (excludes halogenated alkanes) is 2. The van der Waals surface area contributed by atoms with Gasteiger partial charge < -0.3 is 4.90 Å². The molecule has 1 atom stereocenters. The molecule has 0 radical (unpaired) electrons. The Kier molecular flexibility index (Phi) is 7.50. The van der Waals surface area contributed by atoms with Crippen LogP contribution in [0.25, 0.3) is 0 Å². The van der Waals surface area contributed by atoms with Gasteiger partial charge in [0.2, 0.25) is 0 Å². The van der Waals surface area contributed by atoms with Crippen molar-refractivity contribution in [1.82, 2.24) is 9.80 Å². The summed E-state index contributed by atoms with van der Waals surface area (Å²) >= 11 is 4.25. The second-order valence-electron chi connectivity index (χ2n) is 4.92. The first-order chi connectivity index (χ1) is 7.77. The molecule has 0 aromatic carbocycles. The van der Waals surface area contributed by atoms with Gasteiger partial charge in [-0.2, -0.15) is 12.6 Å². The SMILES string of the molecule is CCC(C)N1CCN(CCCCCS)CC1. The van der Waals surface area contributed by atoms with Crippen LogP contribution in [-0.2, 0) is 0 Å². The third-order valence-electron chi connectivity index (χ3n) is 3.75. The molecule has 0 spiro atoms. The Labute approximate surface area is 107 Å². The zero-order valence-electron chi connectivity index (χ0n) is 11.0. The van der Waals surface area contributed by atoms with Gasteiger partial charge in [-0.25, -0.2) is 0 Å². The Hall–Kier alpha value is 0.270. The van der Waals surface area contributed by atoms with Crippen LogP contribution < -0.4 is 0 Å². The maximum Gasteiger partial charge on any atom is 0.0113 e. The third-order valence-corrected chi connectivity index (χ3v) is 4.07. The summed E-state index contributed by atoms with van der Waals surface area (Å²) in [6.07, 6.45) is 5.25. The van der Waals surface area contributed by atoms with E-state index in [0.717, 1.165) is 11.8 Å². The predicted octanol–water partition coefficient (Wildman–Crippen LogP) is 2.50. The maximum absolute atomic E-state index is 4.25. The Balaban J connectivity index is 2.07. The van der Waals surface area contributed by atoms with E-state index in [-0.39, 0.29) is 0 Å². The van der Waals surface area contributed by atoms with E-state index in [2.05, 4.69) is 36.3 Å². The maximum atomic E-state index is 4.25. The fourth-order valence-electron chi connectivity index (χ4n) is 2.31. The lowest BCUT2D eigenvalue weighted by atomic mass is 10.2. The van der Waals surface area contributed by atoms with Gasteiger partial charge in [0.05, 0.1) is 0 Å². The molecule has 1 saturated heterocycles. The van der Waals surface area contributed by atoms with Crippen LogP contribution in [-0.4, -0.2) is 54.3 Å². The molecule has 16 heavy (non-hydrogen) atoms. The second-order valence-corrected chi connectivity index (χ2v) is 5.37.